The number of amides is 1. The largest absolute Gasteiger partial charge is 0.379 e. The quantitative estimate of drug-likeness (QED) is 0.537. The SMILES string of the molecule is CCCCN(C)CCCNC(=O)[C@H]1CCCN(S(=O)(=O)N2CCOCC2)C1. The van der Waals surface area contributed by atoms with Crippen LogP contribution < -0.4 is 5.32 Å². The molecule has 2 rings (SSSR count). The van der Waals surface area contributed by atoms with Gasteiger partial charge in [-0.2, -0.15) is 17.0 Å². The summed E-state index contributed by atoms with van der Waals surface area (Å²) >= 11 is 0. The Morgan fingerprint density at radius 2 is 1.85 bits per heavy atom. The smallest absolute Gasteiger partial charge is 0.282 e. The first-order chi connectivity index (χ1) is 12.9. The normalized spacial score (nSPS) is 22.9. The summed E-state index contributed by atoms with van der Waals surface area (Å²) in [6, 6.07) is 0. The van der Waals surface area contributed by atoms with E-state index in [1.54, 1.807) is 0 Å². The number of nitrogens with one attached hydrogen (secondary N) is 1. The van der Waals surface area contributed by atoms with Crippen LogP contribution in [0.5, 0.6) is 0 Å². The Bertz CT molecular complexity index is 552. The third kappa shape index (κ3) is 6.98. The van der Waals surface area contributed by atoms with Crippen molar-refractivity contribution < 1.29 is 17.9 Å². The van der Waals surface area contributed by atoms with Crippen molar-refractivity contribution in [2.45, 2.75) is 39.0 Å². The molecule has 0 saturated carbocycles. The van der Waals surface area contributed by atoms with E-state index in [2.05, 4.69) is 24.2 Å². The maximum Gasteiger partial charge on any atom is 0.282 e. The highest BCUT2D eigenvalue weighted by Gasteiger charge is 2.36. The second-order valence-electron chi connectivity index (χ2n) is 7.52. The molecule has 0 aromatic heterocycles. The van der Waals surface area contributed by atoms with Gasteiger partial charge in [0, 0.05) is 32.7 Å². The molecule has 2 aliphatic rings. The second kappa shape index (κ2) is 11.3. The number of carbonyl (C=O) groups excluding carboxylic acids is 1. The summed E-state index contributed by atoms with van der Waals surface area (Å²) in [4.78, 5) is 14.8. The fourth-order valence-corrected chi connectivity index (χ4v) is 5.22. The average Bonchev–Trinajstić information content (AvgIpc) is 2.70. The van der Waals surface area contributed by atoms with E-state index in [9.17, 15) is 13.2 Å². The van der Waals surface area contributed by atoms with Crippen molar-refractivity contribution in [3.05, 3.63) is 0 Å². The maximum atomic E-state index is 12.8. The summed E-state index contributed by atoms with van der Waals surface area (Å²) < 4.78 is 33.8. The lowest BCUT2D eigenvalue weighted by atomic mass is 9.99. The summed E-state index contributed by atoms with van der Waals surface area (Å²) in [6.45, 7) is 7.29. The molecule has 1 amide bonds. The Morgan fingerprint density at radius 1 is 1.15 bits per heavy atom. The number of nitrogens with zero attached hydrogens (tertiary/aromatic N) is 3. The number of morpholine rings is 1. The number of ether oxygens (including phenoxy) is 1. The predicted molar refractivity (Wildman–Crippen MR) is 106 cm³/mol. The fourth-order valence-electron chi connectivity index (χ4n) is 3.55. The molecule has 27 heavy (non-hydrogen) atoms. The summed E-state index contributed by atoms with van der Waals surface area (Å²) in [5, 5.41) is 2.99. The van der Waals surface area contributed by atoms with Crippen molar-refractivity contribution in [2.75, 3.05) is 66.1 Å². The molecule has 0 unspecified atom stereocenters. The van der Waals surface area contributed by atoms with Gasteiger partial charge in [-0.15, -0.1) is 0 Å². The summed E-state index contributed by atoms with van der Waals surface area (Å²) in [5.74, 6) is -0.277. The Hall–Kier alpha value is -0.740. The van der Waals surface area contributed by atoms with Crippen molar-refractivity contribution >= 4 is 16.1 Å². The number of piperidine rings is 1. The average molecular weight is 405 g/mol. The van der Waals surface area contributed by atoms with E-state index in [1.165, 1.54) is 21.5 Å². The van der Waals surface area contributed by atoms with E-state index in [1.807, 2.05) is 0 Å². The van der Waals surface area contributed by atoms with E-state index in [-0.39, 0.29) is 18.4 Å². The van der Waals surface area contributed by atoms with Gasteiger partial charge in [-0.1, -0.05) is 13.3 Å². The second-order valence-corrected chi connectivity index (χ2v) is 9.45. The van der Waals surface area contributed by atoms with Crippen LogP contribution in [0.15, 0.2) is 0 Å². The summed E-state index contributed by atoms with van der Waals surface area (Å²) in [5.41, 5.74) is 0. The molecule has 158 valence electrons. The van der Waals surface area contributed by atoms with Crippen LogP contribution >= 0.6 is 0 Å². The van der Waals surface area contributed by atoms with Crippen LogP contribution in [-0.2, 0) is 19.7 Å². The molecule has 1 N–H and O–H groups in total. The number of unbranched alkanes of at least 4 members (excludes halogenated alkanes) is 1. The molecule has 0 spiro atoms. The first-order valence-corrected chi connectivity index (χ1v) is 11.6. The zero-order valence-corrected chi connectivity index (χ0v) is 17.7. The molecule has 0 radical (unpaired) electrons. The van der Waals surface area contributed by atoms with Gasteiger partial charge in [-0.05, 0) is 45.8 Å². The van der Waals surface area contributed by atoms with Crippen molar-refractivity contribution in [2.24, 2.45) is 5.92 Å². The zero-order chi connectivity index (χ0) is 19.7. The topological polar surface area (TPSA) is 82.2 Å². The highest BCUT2D eigenvalue weighted by Crippen LogP contribution is 2.22. The van der Waals surface area contributed by atoms with E-state index >= 15 is 0 Å². The van der Waals surface area contributed by atoms with Crippen LogP contribution in [0.3, 0.4) is 0 Å². The Morgan fingerprint density at radius 3 is 2.56 bits per heavy atom. The molecule has 0 bridgehead atoms. The predicted octanol–water partition coefficient (Wildman–Crippen LogP) is 0.514. The molecule has 8 nitrogen and oxygen atoms in total. The molecule has 0 aromatic carbocycles. The third-order valence-corrected chi connectivity index (χ3v) is 7.29. The first-order valence-electron chi connectivity index (χ1n) is 10.2. The van der Waals surface area contributed by atoms with Gasteiger partial charge in [-0.3, -0.25) is 4.79 Å². The Labute approximate surface area is 164 Å². The van der Waals surface area contributed by atoms with Crippen LogP contribution in [0, 0.1) is 5.92 Å². The van der Waals surface area contributed by atoms with Gasteiger partial charge in [0.05, 0.1) is 19.1 Å². The molecule has 2 saturated heterocycles. The molecular weight excluding hydrogens is 368 g/mol. The van der Waals surface area contributed by atoms with Gasteiger partial charge in [0.25, 0.3) is 10.2 Å². The van der Waals surface area contributed by atoms with Crippen LogP contribution in [0.2, 0.25) is 0 Å². The van der Waals surface area contributed by atoms with Crippen LogP contribution in [0.4, 0.5) is 0 Å². The Kier molecular flexibility index (Phi) is 9.44. The lowest BCUT2D eigenvalue weighted by Gasteiger charge is -2.36. The lowest BCUT2D eigenvalue weighted by Crippen LogP contribution is -2.53. The van der Waals surface area contributed by atoms with Crippen molar-refractivity contribution in [1.82, 2.24) is 18.8 Å². The minimum Gasteiger partial charge on any atom is -0.379 e. The van der Waals surface area contributed by atoms with Gasteiger partial charge in [-0.25, -0.2) is 0 Å². The standard InChI is InChI=1S/C18H36N4O4S/c1-3-4-9-20(2)10-6-8-19-18(23)17-7-5-11-22(16-17)27(24,25)21-12-14-26-15-13-21/h17H,3-16H2,1-2H3,(H,19,23)/t17-/m0/s1. The number of hydrogen-bond acceptors (Lipinski definition) is 5. The molecule has 2 heterocycles. The summed E-state index contributed by atoms with van der Waals surface area (Å²) in [6.07, 6.45) is 4.76. The van der Waals surface area contributed by atoms with Gasteiger partial charge in [0.2, 0.25) is 5.91 Å². The van der Waals surface area contributed by atoms with Crippen LogP contribution in [-0.4, -0.2) is 93.9 Å². The van der Waals surface area contributed by atoms with Crippen molar-refractivity contribution in [3.63, 3.8) is 0 Å². The molecule has 2 fully saturated rings. The number of hydrogen-bond donors (Lipinski definition) is 1. The molecular formula is C18H36N4O4S. The molecule has 2 aliphatic heterocycles. The summed E-state index contributed by atoms with van der Waals surface area (Å²) in [7, 11) is -1.39. The molecule has 0 aromatic rings. The van der Waals surface area contributed by atoms with Gasteiger partial charge in [0.15, 0.2) is 0 Å². The minimum atomic E-state index is -3.50. The van der Waals surface area contributed by atoms with Crippen molar-refractivity contribution in [3.8, 4) is 0 Å². The fraction of sp³-hybridized carbons (Fsp3) is 0.944. The lowest BCUT2D eigenvalue weighted by molar-refractivity contribution is -0.126. The monoisotopic (exact) mass is 404 g/mol. The highest BCUT2D eigenvalue weighted by atomic mass is 32.2. The molecule has 9 heteroatoms. The molecule has 0 aliphatic carbocycles. The van der Waals surface area contributed by atoms with Crippen LogP contribution in [0.25, 0.3) is 0 Å². The number of carbonyl (C=O) groups is 1. The van der Waals surface area contributed by atoms with Gasteiger partial charge < -0.3 is 15.0 Å². The van der Waals surface area contributed by atoms with Gasteiger partial charge >= 0.3 is 0 Å². The maximum absolute atomic E-state index is 12.8. The van der Waals surface area contributed by atoms with E-state index in [0.29, 0.717) is 39.4 Å². The minimum absolute atomic E-state index is 0.0203. The zero-order valence-electron chi connectivity index (χ0n) is 16.9. The van der Waals surface area contributed by atoms with E-state index < -0.39 is 10.2 Å². The van der Waals surface area contributed by atoms with Gasteiger partial charge in [0.1, 0.15) is 0 Å². The molecule has 1 atom stereocenters. The van der Waals surface area contributed by atoms with E-state index in [4.69, 9.17) is 4.74 Å². The number of rotatable bonds is 10. The highest BCUT2D eigenvalue weighted by molar-refractivity contribution is 7.86. The van der Waals surface area contributed by atoms with Crippen molar-refractivity contribution in [1.29, 1.82) is 0 Å². The Balaban J connectivity index is 1.75. The first kappa shape index (κ1) is 22.5. The van der Waals surface area contributed by atoms with Crippen LogP contribution in [0.1, 0.15) is 39.0 Å². The third-order valence-electron chi connectivity index (χ3n) is 5.29. The van der Waals surface area contributed by atoms with E-state index in [0.717, 1.165) is 32.4 Å².